The third-order valence-electron chi connectivity index (χ3n) is 4.02. The van der Waals surface area contributed by atoms with E-state index in [0.29, 0.717) is 23.5 Å². The van der Waals surface area contributed by atoms with Gasteiger partial charge in [-0.2, -0.15) is 4.98 Å². The van der Waals surface area contributed by atoms with Crippen LogP contribution in [0.15, 0.2) is 24.4 Å². The molecular formula is C17H20FN3O3. The summed E-state index contributed by atoms with van der Waals surface area (Å²) in [5.41, 5.74) is 6.53. The topological polar surface area (TPSA) is 79.5 Å². The largest absolute Gasteiger partial charge is 0.493 e. The van der Waals surface area contributed by atoms with Crippen LogP contribution in [0.25, 0.3) is 0 Å². The highest BCUT2D eigenvalue weighted by atomic mass is 19.1. The molecule has 128 valence electrons. The molecule has 24 heavy (non-hydrogen) atoms. The van der Waals surface area contributed by atoms with Crippen molar-refractivity contribution in [2.75, 3.05) is 19.5 Å². The van der Waals surface area contributed by atoms with E-state index in [1.807, 2.05) is 18.2 Å². The Kier molecular flexibility index (Phi) is 4.42. The van der Waals surface area contributed by atoms with Gasteiger partial charge in [0.2, 0.25) is 0 Å². The summed E-state index contributed by atoms with van der Waals surface area (Å²) in [4.78, 5) is 7.46. The van der Waals surface area contributed by atoms with Crippen molar-refractivity contribution in [1.82, 2.24) is 9.97 Å². The van der Waals surface area contributed by atoms with Crippen molar-refractivity contribution < 1.29 is 18.6 Å². The molecule has 0 spiro atoms. The molecule has 0 atom stereocenters. The van der Waals surface area contributed by atoms with Crippen LogP contribution in [0.5, 0.6) is 17.5 Å². The van der Waals surface area contributed by atoms with Crippen LogP contribution in [0, 0.1) is 11.2 Å². The monoisotopic (exact) mass is 333 g/mol. The SMILES string of the molecule is COc1cc(COc2ncc(F)c(N)n2)ccc1OCC1(C)CC1. The average Bonchev–Trinajstić information content (AvgIpc) is 3.32. The van der Waals surface area contributed by atoms with Crippen LogP contribution in [0.2, 0.25) is 0 Å². The number of methoxy groups -OCH3 is 1. The maximum absolute atomic E-state index is 13.0. The van der Waals surface area contributed by atoms with E-state index in [1.165, 1.54) is 12.8 Å². The minimum atomic E-state index is -0.671. The summed E-state index contributed by atoms with van der Waals surface area (Å²) in [7, 11) is 1.59. The Labute approximate surface area is 139 Å². The first kappa shape index (κ1) is 16.3. The number of nitrogens with two attached hydrogens (primary N) is 1. The molecule has 1 saturated carbocycles. The molecule has 1 heterocycles. The van der Waals surface area contributed by atoms with Gasteiger partial charge in [-0.1, -0.05) is 13.0 Å². The second kappa shape index (κ2) is 6.51. The summed E-state index contributed by atoms with van der Waals surface area (Å²) < 4.78 is 29.7. The number of hydrogen-bond donors (Lipinski definition) is 1. The van der Waals surface area contributed by atoms with E-state index < -0.39 is 5.82 Å². The van der Waals surface area contributed by atoms with Gasteiger partial charge in [-0.25, -0.2) is 9.37 Å². The number of rotatable bonds is 7. The Morgan fingerprint density at radius 3 is 2.71 bits per heavy atom. The number of aromatic nitrogens is 2. The average molecular weight is 333 g/mol. The maximum atomic E-state index is 13.0. The minimum absolute atomic E-state index is 0.0230. The molecule has 1 aromatic carbocycles. The Balaban J connectivity index is 1.64. The number of halogens is 1. The van der Waals surface area contributed by atoms with Gasteiger partial charge in [-0.15, -0.1) is 0 Å². The molecule has 0 amide bonds. The van der Waals surface area contributed by atoms with Crippen LogP contribution in [-0.4, -0.2) is 23.7 Å². The van der Waals surface area contributed by atoms with Gasteiger partial charge in [0.25, 0.3) is 0 Å². The lowest BCUT2D eigenvalue weighted by molar-refractivity contribution is 0.235. The van der Waals surface area contributed by atoms with E-state index in [1.54, 1.807) is 7.11 Å². The van der Waals surface area contributed by atoms with E-state index in [2.05, 4.69) is 16.9 Å². The van der Waals surface area contributed by atoms with Gasteiger partial charge in [0.15, 0.2) is 23.1 Å². The second-order valence-corrected chi connectivity index (χ2v) is 6.26. The highest BCUT2D eigenvalue weighted by Crippen LogP contribution is 2.45. The molecule has 7 heteroatoms. The number of anilines is 1. The first-order chi connectivity index (χ1) is 11.5. The summed E-state index contributed by atoms with van der Waals surface area (Å²) in [6.45, 7) is 3.09. The van der Waals surface area contributed by atoms with Crippen LogP contribution < -0.4 is 19.9 Å². The molecule has 2 N–H and O–H groups in total. The van der Waals surface area contributed by atoms with Crippen molar-refractivity contribution in [2.24, 2.45) is 5.41 Å². The fourth-order valence-corrected chi connectivity index (χ4v) is 2.11. The standard InChI is InChI=1S/C17H20FN3O3/c1-17(5-6-17)10-24-13-4-3-11(7-14(13)22-2)9-23-16-20-8-12(18)15(19)21-16/h3-4,7-8H,5-6,9-10H2,1-2H3,(H2,19,20,21). The van der Waals surface area contributed by atoms with Gasteiger partial charge in [0.05, 0.1) is 19.9 Å². The van der Waals surface area contributed by atoms with Crippen molar-refractivity contribution in [2.45, 2.75) is 26.4 Å². The predicted molar refractivity (Wildman–Crippen MR) is 86.6 cm³/mol. The zero-order valence-electron chi connectivity index (χ0n) is 13.7. The summed E-state index contributed by atoms with van der Waals surface area (Å²) in [6, 6.07) is 5.58. The summed E-state index contributed by atoms with van der Waals surface area (Å²) in [6.07, 6.45) is 3.37. The third-order valence-corrected chi connectivity index (χ3v) is 4.02. The van der Waals surface area contributed by atoms with E-state index in [0.717, 1.165) is 11.8 Å². The fraction of sp³-hybridized carbons (Fsp3) is 0.412. The zero-order valence-corrected chi connectivity index (χ0v) is 13.7. The first-order valence-corrected chi connectivity index (χ1v) is 7.70. The summed E-state index contributed by atoms with van der Waals surface area (Å²) >= 11 is 0. The normalized spacial score (nSPS) is 15.0. The molecule has 0 unspecified atom stereocenters. The van der Waals surface area contributed by atoms with E-state index >= 15 is 0 Å². The molecule has 3 rings (SSSR count). The van der Waals surface area contributed by atoms with Crippen LogP contribution in [-0.2, 0) is 6.61 Å². The smallest absolute Gasteiger partial charge is 0.318 e. The Bertz CT molecular complexity index is 735. The van der Waals surface area contributed by atoms with Gasteiger partial charge < -0.3 is 19.9 Å². The molecular weight excluding hydrogens is 313 g/mol. The van der Waals surface area contributed by atoms with Crippen LogP contribution in [0.3, 0.4) is 0 Å². The number of hydrogen-bond acceptors (Lipinski definition) is 6. The van der Waals surface area contributed by atoms with Crippen molar-refractivity contribution in [3.05, 3.63) is 35.8 Å². The maximum Gasteiger partial charge on any atom is 0.318 e. The first-order valence-electron chi connectivity index (χ1n) is 7.70. The zero-order chi connectivity index (χ0) is 17.2. The second-order valence-electron chi connectivity index (χ2n) is 6.26. The molecule has 1 aliphatic rings. The quantitative estimate of drug-likeness (QED) is 0.839. The van der Waals surface area contributed by atoms with Gasteiger partial charge in [0, 0.05) is 5.41 Å². The lowest BCUT2D eigenvalue weighted by Gasteiger charge is -2.15. The highest BCUT2D eigenvalue weighted by molar-refractivity contribution is 5.43. The summed E-state index contributed by atoms with van der Waals surface area (Å²) in [5, 5.41) is 0. The van der Waals surface area contributed by atoms with Crippen molar-refractivity contribution in [3.8, 4) is 17.5 Å². The van der Waals surface area contributed by atoms with Crippen molar-refractivity contribution in [1.29, 1.82) is 0 Å². The van der Waals surface area contributed by atoms with E-state index in [-0.39, 0.29) is 18.4 Å². The summed E-state index contributed by atoms with van der Waals surface area (Å²) in [5.74, 6) is 0.432. The van der Waals surface area contributed by atoms with E-state index in [4.69, 9.17) is 19.9 Å². The van der Waals surface area contributed by atoms with Crippen LogP contribution in [0.4, 0.5) is 10.2 Å². The van der Waals surface area contributed by atoms with Gasteiger partial charge in [-0.05, 0) is 30.5 Å². The predicted octanol–water partition coefficient (Wildman–Crippen LogP) is 2.96. The molecule has 0 bridgehead atoms. The van der Waals surface area contributed by atoms with Gasteiger partial charge >= 0.3 is 6.01 Å². The number of ether oxygens (including phenoxy) is 3. The minimum Gasteiger partial charge on any atom is -0.493 e. The van der Waals surface area contributed by atoms with Crippen molar-refractivity contribution in [3.63, 3.8) is 0 Å². The molecule has 0 saturated heterocycles. The molecule has 1 aromatic heterocycles. The lowest BCUT2D eigenvalue weighted by Crippen LogP contribution is -2.09. The molecule has 0 aliphatic heterocycles. The van der Waals surface area contributed by atoms with Crippen molar-refractivity contribution >= 4 is 5.82 Å². The van der Waals surface area contributed by atoms with Crippen LogP contribution >= 0.6 is 0 Å². The highest BCUT2D eigenvalue weighted by Gasteiger charge is 2.38. The Morgan fingerprint density at radius 2 is 2.04 bits per heavy atom. The van der Waals surface area contributed by atoms with E-state index in [9.17, 15) is 4.39 Å². The molecule has 2 aromatic rings. The molecule has 6 nitrogen and oxygen atoms in total. The lowest BCUT2D eigenvalue weighted by atomic mass is 10.1. The number of nitrogens with zero attached hydrogens (tertiary/aromatic N) is 2. The molecule has 1 aliphatic carbocycles. The molecule has 0 radical (unpaired) electrons. The number of benzene rings is 1. The Hall–Kier alpha value is -2.57. The third kappa shape index (κ3) is 3.84. The number of nitrogen functional groups attached to an aromatic ring is 1. The Morgan fingerprint density at radius 1 is 1.25 bits per heavy atom. The van der Waals surface area contributed by atoms with Gasteiger partial charge in [-0.3, -0.25) is 0 Å². The van der Waals surface area contributed by atoms with Gasteiger partial charge in [0.1, 0.15) is 6.61 Å². The molecule has 1 fully saturated rings. The van der Waals surface area contributed by atoms with Crippen LogP contribution in [0.1, 0.15) is 25.3 Å². The fourth-order valence-electron chi connectivity index (χ4n) is 2.11.